The largest absolute Gasteiger partial charge is 0.416 e. The van der Waals surface area contributed by atoms with E-state index in [-0.39, 0.29) is 27.2 Å². The van der Waals surface area contributed by atoms with E-state index >= 15 is 0 Å². The lowest BCUT2D eigenvalue weighted by Crippen LogP contribution is -2.75. The molecule has 0 saturated heterocycles. The quantitative estimate of drug-likeness (QED) is 0.0609. The Bertz CT molecular complexity index is 3680. The van der Waals surface area contributed by atoms with E-state index in [9.17, 15) is 110 Å². The zero-order chi connectivity index (χ0) is 68.0. The smallest absolute Gasteiger partial charge is 0.289 e. The number of hydrogen-bond acceptors (Lipinski definition) is 1. The minimum atomic E-state index is -6.13. The van der Waals surface area contributed by atoms with E-state index in [1.807, 2.05) is 30.3 Å². The first kappa shape index (κ1) is 67.3. The van der Waals surface area contributed by atoms with Crippen molar-refractivity contribution in [2.45, 2.75) is 59.9 Å². The predicted molar refractivity (Wildman–Crippen MR) is 301 cm³/mol. The van der Waals surface area contributed by atoms with E-state index < -0.39 is 195 Å². The Morgan fingerprint density at radius 2 is 0.473 bits per heavy atom. The van der Waals surface area contributed by atoms with Crippen molar-refractivity contribution in [1.82, 2.24) is 0 Å². The molecule has 2 aliphatic rings. The number of halogens is 24. The van der Waals surface area contributed by atoms with Gasteiger partial charge in [-0.05, 0) is 46.5 Å². The molecule has 0 aromatic heterocycles. The van der Waals surface area contributed by atoms with Gasteiger partial charge in [-0.15, -0.1) is 0 Å². The van der Waals surface area contributed by atoms with Crippen LogP contribution >= 0.6 is 0 Å². The highest BCUT2D eigenvalue weighted by Crippen LogP contribution is 2.57. The van der Waals surface area contributed by atoms with Crippen LogP contribution in [0.4, 0.5) is 105 Å². The third-order valence-electron chi connectivity index (χ3n) is 16.0. The van der Waals surface area contributed by atoms with Gasteiger partial charge in [0.15, 0.2) is 16.3 Å². The molecule has 0 saturated carbocycles. The Morgan fingerprint density at radius 3 is 0.677 bits per heavy atom. The molecule has 9 aromatic carbocycles. The lowest BCUT2D eigenvalue weighted by molar-refractivity contribution is -0.144. The average Bonchev–Trinajstić information content (AvgIpc) is 0.843. The number of benzene rings is 9. The van der Waals surface area contributed by atoms with Crippen molar-refractivity contribution < 1.29 is 110 Å². The van der Waals surface area contributed by atoms with E-state index in [0.29, 0.717) is 5.75 Å². The van der Waals surface area contributed by atoms with Gasteiger partial charge in [0.05, 0.1) is 44.5 Å². The van der Waals surface area contributed by atoms with Crippen LogP contribution in [0.25, 0.3) is 22.3 Å². The van der Waals surface area contributed by atoms with E-state index in [0.717, 1.165) is 5.56 Å². The van der Waals surface area contributed by atoms with Crippen molar-refractivity contribution in [1.29, 1.82) is 0 Å². The summed E-state index contributed by atoms with van der Waals surface area (Å²) in [5, 5.41) is 0.351. The minimum absolute atomic E-state index is 0.175. The Hall–Kier alpha value is -8.62. The SMILES string of the molecule is FC(F)(F)c1cc([B-](c2cc(C(F)(F)F)cc(C(F)(F)F)c2)(c2cc(C(F)(F)F)cc(C(F)(F)F)c2)c2cc(C(F)(F)F)cc(C(F)(F)F)c2)cc(C(F)(F)F)c1.O=C(C[S+](C1c2ccccc2-c2ccccc21)C1c2ccccc2-c2ccccc21)c1ccccc1. The van der Waals surface area contributed by atoms with Crippen LogP contribution in [0.15, 0.2) is 200 Å². The second kappa shape index (κ2) is 23.7. The normalized spacial score (nSPS) is 14.1. The fourth-order valence-corrected chi connectivity index (χ4v) is 15.3. The molecule has 27 heteroatoms. The van der Waals surface area contributed by atoms with Gasteiger partial charge < -0.3 is 0 Å². The Kier molecular flexibility index (Phi) is 17.2. The summed E-state index contributed by atoms with van der Waals surface area (Å²) >= 11 is 0. The van der Waals surface area contributed by atoms with Crippen LogP contribution in [0.1, 0.15) is 87.6 Å². The first-order chi connectivity index (χ1) is 43.1. The fraction of sp³-hybridized carbons (Fsp3) is 0.167. The minimum Gasteiger partial charge on any atom is -0.289 e. The molecule has 484 valence electrons. The maximum absolute atomic E-state index is 14.2. The highest BCUT2D eigenvalue weighted by atomic mass is 32.2. The summed E-state index contributed by atoms with van der Waals surface area (Å²) in [5.41, 5.74) is -18.8. The molecule has 0 atom stereocenters. The highest BCUT2D eigenvalue weighted by Gasteiger charge is 2.52. The highest BCUT2D eigenvalue weighted by molar-refractivity contribution is 7.98. The molecule has 0 fully saturated rings. The van der Waals surface area contributed by atoms with Crippen molar-refractivity contribution in [3.8, 4) is 22.3 Å². The Labute approximate surface area is 513 Å². The third kappa shape index (κ3) is 13.4. The molecule has 1 nitrogen and oxygen atoms in total. The van der Waals surface area contributed by atoms with Gasteiger partial charge in [-0.2, -0.15) is 127 Å². The number of alkyl halides is 24. The van der Waals surface area contributed by atoms with Gasteiger partial charge in [0.1, 0.15) is 6.15 Å². The summed E-state index contributed by atoms with van der Waals surface area (Å²) in [6.07, 6.45) is -54.8. The summed E-state index contributed by atoms with van der Waals surface area (Å²) in [4.78, 5) is 13.8. The van der Waals surface area contributed by atoms with E-state index in [4.69, 9.17) is 0 Å². The second-order valence-electron chi connectivity index (χ2n) is 21.7. The summed E-state index contributed by atoms with van der Waals surface area (Å²) in [6, 6.07) is 36.2. The van der Waals surface area contributed by atoms with Crippen LogP contribution in [0.2, 0.25) is 0 Å². The number of ketones is 1. The van der Waals surface area contributed by atoms with Gasteiger partial charge in [-0.25, -0.2) is 0 Å². The molecule has 11 rings (SSSR count). The van der Waals surface area contributed by atoms with Crippen LogP contribution in [0.5, 0.6) is 0 Å². The molecule has 93 heavy (non-hydrogen) atoms. The van der Waals surface area contributed by atoms with Crippen LogP contribution in [0, 0.1) is 0 Å². The van der Waals surface area contributed by atoms with Gasteiger partial charge in [0, 0.05) is 38.7 Å². The zero-order valence-electron chi connectivity index (χ0n) is 46.4. The first-order valence-electron chi connectivity index (χ1n) is 27.1. The number of carbonyl (C=O) groups excluding carboxylic acids is 1. The number of Topliss-reactive ketones (excluding diaryl/α,β-unsaturated/α-hetero) is 1. The van der Waals surface area contributed by atoms with E-state index in [1.165, 1.54) is 44.5 Å². The molecule has 2 aliphatic carbocycles. The van der Waals surface area contributed by atoms with E-state index in [1.54, 1.807) is 0 Å². The molecular weight excluding hydrogens is 1310 g/mol. The van der Waals surface area contributed by atoms with Crippen LogP contribution in [0.3, 0.4) is 0 Å². The zero-order valence-corrected chi connectivity index (χ0v) is 47.2. The first-order valence-corrected chi connectivity index (χ1v) is 28.6. The maximum Gasteiger partial charge on any atom is 0.416 e. The lowest BCUT2D eigenvalue weighted by Gasteiger charge is -2.46. The average molecular weight is 1340 g/mol. The molecule has 9 aromatic rings. The van der Waals surface area contributed by atoms with Gasteiger partial charge in [-0.3, -0.25) is 4.79 Å². The maximum atomic E-state index is 14.2. The van der Waals surface area contributed by atoms with Crippen LogP contribution < -0.4 is 21.9 Å². The van der Waals surface area contributed by atoms with Gasteiger partial charge in [0.2, 0.25) is 5.78 Å². The molecular formula is C66H37BF24OS. The Morgan fingerprint density at radius 1 is 0.280 bits per heavy atom. The molecule has 0 unspecified atom stereocenters. The monoisotopic (exact) mass is 1340 g/mol. The van der Waals surface area contributed by atoms with Crippen molar-refractivity contribution >= 4 is 44.7 Å². The van der Waals surface area contributed by atoms with Crippen LogP contribution in [-0.4, -0.2) is 17.7 Å². The number of carbonyl (C=O) groups is 1. The fourth-order valence-electron chi connectivity index (χ4n) is 12.1. The molecule has 0 amide bonds. The molecule has 0 heterocycles. The lowest BCUT2D eigenvalue weighted by atomic mass is 9.12. The van der Waals surface area contributed by atoms with Crippen molar-refractivity contribution in [3.05, 3.63) is 273 Å². The summed E-state index contributed by atoms with van der Waals surface area (Å²) in [7, 11) is -0.301. The molecule has 0 N–H and O–H groups in total. The van der Waals surface area contributed by atoms with Gasteiger partial charge >= 0.3 is 49.4 Å². The third-order valence-corrected chi connectivity index (χ3v) is 18.8. The molecule has 0 radical (unpaired) electrons. The number of rotatable bonds is 9. The van der Waals surface area contributed by atoms with Crippen molar-refractivity contribution in [2.24, 2.45) is 0 Å². The molecule has 0 aliphatic heterocycles. The second-order valence-corrected chi connectivity index (χ2v) is 23.9. The predicted octanol–water partition coefficient (Wildman–Crippen LogP) is 19.2. The Balaban J connectivity index is 0.000000223. The van der Waals surface area contributed by atoms with Crippen molar-refractivity contribution in [3.63, 3.8) is 0 Å². The molecule has 0 bridgehead atoms. The summed E-state index contributed by atoms with van der Waals surface area (Å²) in [5.74, 6) is 0.743. The van der Waals surface area contributed by atoms with Gasteiger partial charge in [0.25, 0.3) is 0 Å². The summed E-state index contributed by atoms with van der Waals surface area (Å²) < 4.78 is 341. The topological polar surface area (TPSA) is 17.1 Å². The van der Waals surface area contributed by atoms with Crippen LogP contribution in [-0.2, 0) is 60.3 Å². The van der Waals surface area contributed by atoms with Gasteiger partial charge in [-0.1, -0.05) is 176 Å². The number of hydrogen-bond donors (Lipinski definition) is 0. The standard InChI is InChI=1S/C34H25OS.C32H12BF24/c35-32(23-12-2-1-3-13-23)22-36(33-28-18-8-4-14-24(28)25-15-5-9-19-29(25)33)34-30-20-10-6-16-26(30)27-17-7-11-21-31(27)34;34-25(35,36)13-1-14(26(37,38)39)6-21(5-13)33(22-7-15(27(40,41)42)2-16(8-22)28(43,44)45,23-9-17(29(46,47)48)3-18(10-23)30(49,50)51)24-11-19(31(52,53)54)4-20(12-24)32(55,56)57/h1-21,33-34H,22H2;1-12H/q+1;-1. The van der Waals surface area contributed by atoms with Crippen molar-refractivity contribution in [2.75, 3.05) is 5.75 Å². The summed E-state index contributed by atoms with van der Waals surface area (Å²) in [6.45, 7) is 0. The molecule has 0 spiro atoms. The number of fused-ring (bicyclic) bond motifs is 6. The van der Waals surface area contributed by atoms with E-state index in [2.05, 4.69) is 97.1 Å².